The van der Waals surface area contributed by atoms with Crippen molar-refractivity contribution in [1.29, 1.82) is 0 Å². The van der Waals surface area contributed by atoms with E-state index in [1.54, 1.807) is 0 Å². The van der Waals surface area contributed by atoms with E-state index in [2.05, 4.69) is 0 Å². The molecule has 23 heavy (non-hydrogen) atoms. The first-order valence-corrected chi connectivity index (χ1v) is 8.02. The standard InChI is InChI=1S/C12H22O10S/c13-1-3-6(16)8(18)10(11(20)21-3)23-12-9(19)7(17)5(15)4(2-14)22-12/h3-20H,1-2H2/t3-,4-,5-,6-,7+,8+,9-,10-,11+,12+/m1/s1. The first kappa shape index (κ1) is 19.3. The van der Waals surface area contributed by atoms with Gasteiger partial charge in [-0.3, -0.25) is 0 Å². The van der Waals surface area contributed by atoms with Crippen molar-refractivity contribution in [1.82, 2.24) is 0 Å². The fraction of sp³-hybridized carbons (Fsp3) is 1.00. The number of rotatable bonds is 4. The maximum atomic E-state index is 10.0. The molecule has 0 unspecified atom stereocenters. The lowest BCUT2D eigenvalue weighted by Crippen LogP contribution is -2.61. The van der Waals surface area contributed by atoms with Gasteiger partial charge in [-0.2, -0.15) is 0 Å². The second-order valence-electron chi connectivity index (χ2n) is 5.53. The molecule has 0 amide bonds. The summed E-state index contributed by atoms with van der Waals surface area (Å²) < 4.78 is 10.2. The Kier molecular flexibility index (Phi) is 6.61. The largest absolute Gasteiger partial charge is 0.394 e. The van der Waals surface area contributed by atoms with Gasteiger partial charge in [-0.25, -0.2) is 0 Å². The van der Waals surface area contributed by atoms with Gasteiger partial charge in [0.15, 0.2) is 6.29 Å². The van der Waals surface area contributed by atoms with Crippen LogP contribution in [0.3, 0.4) is 0 Å². The third kappa shape index (κ3) is 3.80. The van der Waals surface area contributed by atoms with Gasteiger partial charge in [-0.15, -0.1) is 11.8 Å². The van der Waals surface area contributed by atoms with Gasteiger partial charge >= 0.3 is 0 Å². The second-order valence-corrected chi connectivity index (χ2v) is 6.81. The van der Waals surface area contributed by atoms with E-state index in [0.717, 1.165) is 0 Å². The predicted octanol–water partition coefficient (Wildman–Crippen LogP) is -4.68. The number of thioether (sulfide) groups is 1. The summed E-state index contributed by atoms with van der Waals surface area (Å²) in [6.45, 7) is -1.21. The minimum atomic E-state index is -1.59. The summed E-state index contributed by atoms with van der Waals surface area (Å²) in [7, 11) is 0. The first-order chi connectivity index (χ1) is 10.8. The van der Waals surface area contributed by atoms with Crippen LogP contribution in [-0.2, 0) is 9.47 Å². The summed E-state index contributed by atoms with van der Waals surface area (Å²) in [5.74, 6) is 0. The molecule has 2 aliphatic rings. The summed E-state index contributed by atoms with van der Waals surface area (Å²) >= 11 is 0.686. The van der Waals surface area contributed by atoms with Crippen molar-refractivity contribution in [3.05, 3.63) is 0 Å². The van der Waals surface area contributed by atoms with Crippen LogP contribution in [-0.4, -0.2) is 114 Å². The Morgan fingerprint density at radius 1 is 0.652 bits per heavy atom. The molecular formula is C12H22O10S. The van der Waals surface area contributed by atoms with E-state index in [-0.39, 0.29) is 0 Å². The van der Waals surface area contributed by atoms with Gasteiger partial charge in [0.25, 0.3) is 0 Å². The highest BCUT2D eigenvalue weighted by Gasteiger charge is 2.49. The maximum Gasteiger partial charge on any atom is 0.169 e. The van der Waals surface area contributed by atoms with E-state index in [9.17, 15) is 30.6 Å². The quantitative estimate of drug-likeness (QED) is 0.242. The molecule has 10 nitrogen and oxygen atoms in total. The van der Waals surface area contributed by atoms with Gasteiger partial charge in [0.2, 0.25) is 0 Å². The topological polar surface area (TPSA) is 180 Å². The summed E-state index contributed by atoms with van der Waals surface area (Å²) in [4.78, 5) is 0. The Labute approximate surface area is 135 Å². The van der Waals surface area contributed by atoms with E-state index >= 15 is 0 Å². The highest BCUT2D eigenvalue weighted by atomic mass is 32.2. The summed E-state index contributed by atoms with van der Waals surface area (Å²) in [5.41, 5.74) is -1.19. The molecule has 10 atom stereocenters. The molecule has 0 radical (unpaired) electrons. The molecule has 2 saturated heterocycles. The maximum absolute atomic E-state index is 10.0. The molecular weight excluding hydrogens is 336 g/mol. The van der Waals surface area contributed by atoms with Crippen LogP contribution >= 0.6 is 11.8 Å². The smallest absolute Gasteiger partial charge is 0.169 e. The van der Waals surface area contributed by atoms with Gasteiger partial charge in [0.05, 0.1) is 24.6 Å². The minimum Gasteiger partial charge on any atom is -0.394 e. The first-order valence-electron chi connectivity index (χ1n) is 7.08. The SMILES string of the molecule is OC[C@H]1O[C@@H](S[C@@H]2[C@@H](O)[C@H](O)[C@@H](CO)O[C@@H]2O)[C@H](O)[C@@H](O)[C@@H]1O. The molecule has 136 valence electrons. The zero-order valence-electron chi connectivity index (χ0n) is 12.0. The fourth-order valence-electron chi connectivity index (χ4n) is 2.55. The Hall–Kier alpha value is -0.0500. The highest BCUT2D eigenvalue weighted by Crippen LogP contribution is 2.36. The number of hydrogen-bond acceptors (Lipinski definition) is 11. The third-order valence-electron chi connectivity index (χ3n) is 3.98. The molecule has 0 aliphatic carbocycles. The van der Waals surface area contributed by atoms with Crippen molar-refractivity contribution in [2.45, 2.75) is 59.7 Å². The lowest BCUT2D eigenvalue weighted by molar-refractivity contribution is -0.236. The van der Waals surface area contributed by atoms with Crippen LogP contribution in [0.4, 0.5) is 0 Å². The Balaban J connectivity index is 2.08. The van der Waals surface area contributed by atoms with Crippen LogP contribution < -0.4 is 0 Å². The lowest BCUT2D eigenvalue weighted by Gasteiger charge is -2.44. The van der Waals surface area contributed by atoms with Crippen LogP contribution in [0.15, 0.2) is 0 Å². The van der Waals surface area contributed by atoms with E-state index < -0.39 is 72.9 Å². The van der Waals surface area contributed by atoms with Gasteiger partial charge in [-0.05, 0) is 0 Å². The molecule has 2 heterocycles. The Morgan fingerprint density at radius 2 is 1.17 bits per heavy atom. The molecule has 2 fully saturated rings. The predicted molar refractivity (Wildman–Crippen MR) is 75.1 cm³/mol. The Morgan fingerprint density at radius 3 is 1.74 bits per heavy atom. The van der Waals surface area contributed by atoms with Crippen LogP contribution in [0, 0.1) is 0 Å². The number of aliphatic hydroxyl groups excluding tert-OH is 8. The molecule has 2 aliphatic heterocycles. The van der Waals surface area contributed by atoms with Crippen molar-refractivity contribution >= 4 is 11.8 Å². The van der Waals surface area contributed by atoms with E-state index in [4.69, 9.17) is 19.7 Å². The average molecular weight is 358 g/mol. The van der Waals surface area contributed by atoms with Gasteiger partial charge in [-0.1, -0.05) is 0 Å². The van der Waals surface area contributed by atoms with Gasteiger partial charge in [0, 0.05) is 0 Å². The van der Waals surface area contributed by atoms with Crippen LogP contribution in [0.1, 0.15) is 0 Å². The molecule has 11 heteroatoms. The normalized spacial score (nSPS) is 51.7. The fourth-order valence-corrected chi connectivity index (χ4v) is 3.91. The van der Waals surface area contributed by atoms with Crippen molar-refractivity contribution in [2.24, 2.45) is 0 Å². The molecule has 0 aromatic heterocycles. The average Bonchev–Trinajstić information content (AvgIpc) is 2.54. The molecule has 2 rings (SSSR count). The molecule has 0 aromatic carbocycles. The van der Waals surface area contributed by atoms with Crippen LogP contribution in [0.2, 0.25) is 0 Å². The van der Waals surface area contributed by atoms with Crippen molar-refractivity contribution in [3.8, 4) is 0 Å². The minimum absolute atomic E-state index is 0.604. The van der Waals surface area contributed by atoms with Crippen molar-refractivity contribution in [3.63, 3.8) is 0 Å². The summed E-state index contributed by atoms with van der Waals surface area (Å²) in [6, 6.07) is 0. The molecule has 0 aromatic rings. The number of aliphatic hydroxyl groups is 8. The number of hydrogen-bond donors (Lipinski definition) is 8. The monoisotopic (exact) mass is 358 g/mol. The van der Waals surface area contributed by atoms with Crippen molar-refractivity contribution < 1.29 is 50.3 Å². The number of ether oxygens (including phenoxy) is 2. The lowest BCUT2D eigenvalue weighted by atomic mass is 10.0. The molecule has 0 saturated carbocycles. The molecule has 0 bridgehead atoms. The van der Waals surface area contributed by atoms with Crippen molar-refractivity contribution in [2.75, 3.05) is 13.2 Å². The molecule has 8 N–H and O–H groups in total. The van der Waals surface area contributed by atoms with Crippen LogP contribution in [0.25, 0.3) is 0 Å². The van der Waals surface area contributed by atoms with E-state index in [1.165, 1.54) is 0 Å². The zero-order chi connectivity index (χ0) is 17.3. The molecule has 0 spiro atoms. The van der Waals surface area contributed by atoms with Gasteiger partial charge < -0.3 is 50.3 Å². The summed E-state index contributed by atoms with van der Waals surface area (Å²) in [5, 5.41) is 76.1. The second kappa shape index (κ2) is 7.89. The third-order valence-corrected chi connectivity index (χ3v) is 5.47. The van der Waals surface area contributed by atoms with Gasteiger partial charge in [0.1, 0.15) is 42.1 Å². The summed E-state index contributed by atoms with van der Waals surface area (Å²) in [6.07, 6.45) is -11.5. The van der Waals surface area contributed by atoms with E-state index in [1.807, 2.05) is 0 Å². The highest BCUT2D eigenvalue weighted by molar-refractivity contribution is 8.00. The Bertz CT molecular complexity index is 385. The van der Waals surface area contributed by atoms with Crippen LogP contribution in [0.5, 0.6) is 0 Å². The van der Waals surface area contributed by atoms with E-state index in [0.29, 0.717) is 11.8 Å². The zero-order valence-corrected chi connectivity index (χ0v) is 12.8.